The Balaban J connectivity index is 1.58. The molecule has 3 heterocycles. The number of nitrogens with zero attached hydrogens (tertiary/aromatic N) is 3. The standard InChI is InChI=1S/C17H19N3O2S/c21-23(22,17-3-9-19-10-4-17)14-13-20-11-5-16(6-12-20)15-1-7-18-8-2-15/h1-5,7-10H,6,11-14H2. The highest BCUT2D eigenvalue weighted by Gasteiger charge is 2.18. The number of aromatic nitrogens is 2. The minimum Gasteiger partial charge on any atom is -0.298 e. The van der Waals surface area contributed by atoms with Crippen molar-refractivity contribution in [2.45, 2.75) is 11.3 Å². The van der Waals surface area contributed by atoms with Crippen molar-refractivity contribution in [2.75, 3.05) is 25.4 Å². The van der Waals surface area contributed by atoms with Crippen LogP contribution in [0.15, 0.2) is 60.0 Å². The second-order valence-electron chi connectivity index (χ2n) is 5.52. The molecule has 0 aromatic carbocycles. The lowest BCUT2D eigenvalue weighted by atomic mass is 10.0. The molecule has 0 atom stereocenters. The molecule has 3 rings (SSSR count). The highest BCUT2D eigenvalue weighted by molar-refractivity contribution is 7.91. The zero-order chi connectivity index (χ0) is 16.1. The van der Waals surface area contributed by atoms with Gasteiger partial charge in [-0.25, -0.2) is 8.42 Å². The molecular formula is C17H19N3O2S. The van der Waals surface area contributed by atoms with Gasteiger partial charge in [0.05, 0.1) is 10.6 Å². The summed E-state index contributed by atoms with van der Waals surface area (Å²) in [6.07, 6.45) is 9.72. The number of hydrogen-bond acceptors (Lipinski definition) is 5. The van der Waals surface area contributed by atoms with E-state index in [9.17, 15) is 8.42 Å². The van der Waals surface area contributed by atoms with Crippen LogP contribution < -0.4 is 0 Å². The van der Waals surface area contributed by atoms with E-state index in [4.69, 9.17) is 0 Å². The number of pyridine rings is 2. The summed E-state index contributed by atoms with van der Waals surface area (Å²) >= 11 is 0. The van der Waals surface area contributed by atoms with Crippen molar-refractivity contribution < 1.29 is 8.42 Å². The third kappa shape index (κ3) is 4.03. The lowest BCUT2D eigenvalue weighted by molar-refractivity contribution is 0.319. The summed E-state index contributed by atoms with van der Waals surface area (Å²) in [4.78, 5) is 10.4. The Labute approximate surface area is 136 Å². The van der Waals surface area contributed by atoms with Gasteiger partial charge >= 0.3 is 0 Å². The van der Waals surface area contributed by atoms with Gasteiger partial charge in [0.1, 0.15) is 0 Å². The molecule has 0 N–H and O–H groups in total. The molecule has 0 radical (unpaired) electrons. The summed E-state index contributed by atoms with van der Waals surface area (Å²) in [5, 5.41) is 0. The summed E-state index contributed by atoms with van der Waals surface area (Å²) < 4.78 is 24.6. The van der Waals surface area contributed by atoms with Gasteiger partial charge in [-0.05, 0) is 41.8 Å². The van der Waals surface area contributed by atoms with Gasteiger partial charge in [0.15, 0.2) is 9.84 Å². The van der Waals surface area contributed by atoms with Gasteiger partial charge in [-0.15, -0.1) is 0 Å². The van der Waals surface area contributed by atoms with Gasteiger partial charge in [-0.1, -0.05) is 6.08 Å². The molecule has 0 amide bonds. The largest absolute Gasteiger partial charge is 0.298 e. The van der Waals surface area contributed by atoms with Gasteiger partial charge in [0.25, 0.3) is 0 Å². The van der Waals surface area contributed by atoms with Gasteiger partial charge in [0, 0.05) is 44.4 Å². The van der Waals surface area contributed by atoms with Crippen LogP contribution in [0.4, 0.5) is 0 Å². The van der Waals surface area contributed by atoms with E-state index >= 15 is 0 Å². The fourth-order valence-electron chi connectivity index (χ4n) is 2.66. The molecule has 1 aliphatic heterocycles. The first kappa shape index (κ1) is 15.8. The summed E-state index contributed by atoms with van der Waals surface area (Å²) in [7, 11) is -3.24. The molecule has 0 saturated heterocycles. The molecular weight excluding hydrogens is 310 g/mol. The molecule has 0 spiro atoms. The maximum absolute atomic E-state index is 12.3. The maximum atomic E-state index is 12.3. The van der Waals surface area contributed by atoms with Crippen molar-refractivity contribution in [3.63, 3.8) is 0 Å². The molecule has 0 fully saturated rings. The quantitative estimate of drug-likeness (QED) is 0.840. The summed E-state index contributed by atoms with van der Waals surface area (Å²) in [5.74, 6) is 0.134. The Kier molecular flexibility index (Phi) is 4.83. The van der Waals surface area contributed by atoms with Gasteiger partial charge in [-0.2, -0.15) is 0 Å². The summed E-state index contributed by atoms with van der Waals surface area (Å²) in [5.41, 5.74) is 2.50. The Morgan fingerprint density at radius 1 is 1.00 bits per heavy atom. The predicted octanol–water partition coefficient (Wildman–Crippen LogP) is 2.04. The highest BCUT2D eigenvalue weighted by Crippen LogP contribution is 2.21. The molecule has 1 aliphatic rings. The third-order valence-corrected chi connectivity index (χ3v) is 5.74. The van der Waals surface area contributed by atoms with E-state index in [1.54, 1.807) is 24.5 Å². The minimum atomic E-state index is -3.24. The third-order valence-electron chi connectivity index (χ3n) is 4.03. The molecule has 2 aromatic heterocycles. The van der Waals surface area contributed by atoms with E-state index in [0.29, 0.717) is 11.4 Å². The lowest BCUT2D eigenvalue weighted by Crippen LogP contribution is -2.33. The first-order valence-corrected chi connectivity index (χ1v) is 9.25. The summed E-state index contributed by atoms with van der Waals surface area (Å²) in [6, 6.07) is 7.12. The average molecular weight is 329 g/mol. The van der Waals surface area contributed by atoms with E-state index in [-0.39, 0.29) is 5.75 Å². The van der Waals surface area contributed by atoms with Crippen molar-refractivity contribution >= 4 is 15.4 Å². The van der Waals surface area contributed by atoms with Crippen LogP contribution in [0.1, 0.15) is 12.0 Å². The van der Waals surface area contributed by atoms with Crippen LogP contribution >= 0.6 is 0 Å². The smallest absolute Gasteiger partial charge is 0.179 e. The van der Waals surface area contributed by atoms with Crippen molar-refractivity contribution in [1.29, 1.82) is 0 Å². The fraction of sp³-hybridized carbons (Fsp3) is 0.294. The van der Waals surface area contributed by atoms with Crippen molar-refractivity contribution in [3.8, 4) is 0 Å². The fourth-order valence-corrected chi connectivity index (χ4v) is 3.93. The van der Waals surface area contributed by atoms with E-state index in [1.165, 1.54) is 23.5 Å². The average Bonchev–Trinajstić information content (AvgIpc) is 2.62. The predicted molar refractivity (Wildman–Crippen MR) is 89.6 cm³/mol. The molecule has 5 nitrogen and oxygen atoms in total. The number of sulfone groups is 1. The Morgan fingerprint density at radius 3 is 2.26 bits per heavy atom. The zero-order valence-corrected chi connectivity index (χ0v) is 13.6. The molecule has 2 aromatic rings. The SMILES string of the molecule is O=S(=O)(CCN1CC=C(c2ccncc2)CC1)c1ccncc1. The van der Waals surface area contributed by atoms with E-state index in [0.717, 1.165) is 19.5 Å². The second-order valence-corrected chi connectivity index (χ2v) is 7.63. The van der Waals surface area contributed by atoms with Crippen LogP contribution in [0.25, 0.3) is 5.57 Å². The normalized spacial score (nSPS) is 16.1. The van der Waals surface area contributed by atoms with E-state index in [1.807, 2.05) is 12.1 Å². The van der Waals surface area contributed by atoms with Crippen molar-refractivity contribution in [1.82, 2.24) is 14.9 Å². The molecule has 0 bridgehead atoms. The van der Waals surface area contributed by atoms with Gasteiger partial charge in [0.2, 0.25) is 0 Å². The van der Waals surface area contributed by atoms with Crippen LogP contribution in [0, 0.1) is 0 Å². The van der Waals surface area contributed by atoms with Crippen molar-refractivity contribution in [3.05, 3.63) is 60.7 Å². The van der Waals surface area contributed by atoms with Crippen LogP contribution in [-0.2, 0) is 9.84 Å². The molecule has 6 heteroatoms. The first-order valence-electron chi connectivity index (χ1n) is 7.60. The van der Waals surface area contributed by atoms with Crippen molar-refractivity contribution in [2.24, 2.45) is 0 Å². The van der Waals surface area contributed by atoms with Crippen LogP contribution in [-0.4, -0.2) is 48.7 Å². The number of hydrogen-bond donors (Lipinski definition) is 0. The molecule has 0 aliphatic carbocycles. The van der Waals surface area contributed by atoms with E-state index in [2.05, 4.69) is 20.9 Å². The molecule has 0 unspecified atom stereocenters. The number of rotatable bonds is 5. The van der Waals surface area contributed by atoms with Gasteiger partial charge < -0.3 is 0 Å². The first-order chi connectivity index (χ1) is 11.1. The summed E-state index contributed by atoms with van der Waals surface area (Å²) in [6.45, 7) is 2.20. The minimum absolute atomic E-state index is 0.134. The zero-order valence-electron chi connectivity index (χ0n) is 12.8. The van der Waals surface area contributed by atoms with Gasteiger partial charge in [-0.3, -0.25) is 14.9 Å². The Hall–Kier alpha value is -2.05. The van der Waals surface area contributed by atoms with Crippen LogP contribution in [0.2, 0.25) is 0 Å². The maximum Gasteiger partial charge on any atom is 0.179 e. The highest BCUT2D eigenvalue weighted by atomic mass is 32.2. The second kappa shape index (κ2) is 7.02. The van der Waals surface area contributed by atoms with Crippen LogP contribution in [0.5, 0.6) is 0 Å². The monoisotopic (exact) mass is 329 g/mol. The van der Waals surface area contributed by atoms with Crippen LogP contribution in [0.3, 0.4) is 0 Å². The lowest BCUT2D eigenvalue weighted by Gasteiger charge is -2.26. The molecule has 23 heavy (non-hydrogen) atoms. The Bertz CT molecular complexity index is 774. The van der Waals surface area contributed by atoms with E-state index < -0.39 is 9.84 Å². The molecule has 120 valence electrons. The molecule has 0 saturated carbocycles. The topological polar surface area (TPSA) is 63.2 Å². The Morgan fingerprint density at radius 2 is 1.65 bits per heavy atom.